The van der Waals surface area contributed by atoms with Gasteiger partial charge in [-0.25, -0.2) is 0 Å². The summed E-state index contributed by atoms with van der Waals surface area (Å²) in [5.74, 6) is -0.211. The number of nitro groups is 1. The summed E-state index contributed by atoms with van der Waals surface area (Å²) in [6.45, 7) is -0.151. The van der Waals surface area contributed by atoms with Crippen LogP contribution in [0.25, 0.3) is 11.0 Å². The Labute approximate surface area is 89.8 Å². The highest BCUT2D eigenvalue weighted by Gasteiger charge is 2.13. The molecule has 2 N–H and O–H groups in total. The predicted octanol–water partition coefficient (Wildman–Crippen LogP) is 1.48. The molecule has 0 spiro atoms. The molecule has 0 unspecified atom stereocenters. The van der Waals surface area contributed by atoms with E-state index in [9.17, 15) is 14.9 Å². The fourth-order valence-electron chi connectivity index (χ4n) is 1.38. The zero-order chi connectivity index (χ0) is 11.7. The summed E-state index contributed by atoms with van der Waals surface area (Å²) >= 11 is 0. The lowest BCUT2D eigenvalue weighted by molar-refractivity contribution is -0.384. The van der Waals surface area contributed by atoms with Crippen LogP contribution in [-0.4, -0.2) is 17.3 Å². The van der Waals surface area contributed by atoms with Crippen molar-refractivity contribution in [2.24, 2.45) is 5.73 Å². The summed E-state index contributed by atoms with van der Waals surface area (Å²) in [7, 11) is 0. The van der Waals surface area contributed by atoms with Gasteiger partial charge in [-0.1, -0.05) is 0 Å². The summed E-state index contributed by atoms with van der Waals surface area (Å²) in [6, 6.07) is 5.59. The number of Topliss-reactive ketones (excluding diaryl/α,β-unsaturated/α-hetero) is 1. The molecule has 0 aliphatic carbocycles. The molecular formula is C10H8N2O4. The van der Waals surface area contributed by atoms with E-state index in [0.717, 1.165) is 0 Å². The maximum atomic E-state index is 11.2. The molecule has 0 radical (unpaired) electrons. The molecule has 1 aromatic heterocycles. The number of nitrogens with two attached hydrogens (primary N) is 1. The lowest BCUT2D eigenvalue weighted by Crippen LogP contribution is -2.12. The van der Waals surface area contributed by atoms with Crippen molar-refractivity contribution in [1.82, 2.24) is 0 Å². The number of ketones is 1. The largest absolute Gasteiger partial charge is 0.453 e. The van der Waals surface area contributed by atoms with Crippen LogP contribution in [0, 0.1) is 10.1 Å². The van der Waals surface area contributed by atoms with E-state index in [1.165, 1.54) is 24.3 Å². The highest BCUT2D eigenvalue weighted by molar-refractivity contribution is 5.98. The van der Waals surface area contributed by atoms with Gasteiger partial charge < -0.3 is 10.2 Å². The van der Waals surface area contributed by atoms with Gasteiger partial charge in [0.25, 0.3) is 5.69 Å². The molecule has 0 atom stereocenters. The Balaban J connectivity index is 2.54. The molecule has 0 saturated heterocycles. The monoisotopic (exact) mass is 220 g/mol. The van der Waals surface area contributed by atoms with Crippen molar-refractivity contribution in [3.8, 4) is 0 Å². The minimum atomic E-state index is -0.503. The number of non-ortho nitro benzene ring substituents is 1. The van der Waals surface area contributed by atoms with E-state index in [2.05, 4.69) is 0 Å². The molecule has 2 rings (SSSR count). The van der Waals surface area contributed by atoms with Crippen molar-refractivity contribution >= 4 is 22.4 Å². The molecule has 1 heterocycles. The van der Waals surface area contributed by atoms with Crippen LogP contribution < -0.4 is 5.73 Å². The van der Waals surface area contributed by atoms with Crippen LogP contribution in [-0.2, 0) is 0 Å². The maximum absolute atomic E-state index is 11.2. The van der Waals surface area contributed by atoms with Crippen molar-refractivity contribution < 1.29 is 14.1 Å². The Morgan fingerprint density at radius 2 is 2.19 bits per heavy atom. The van der Waals surface area contributed by atoms with Crippen LogP contribution in [0.4, 0.5) is 5.69 Å². The Kier molecular flexibility index (Phi) is 2.41. The number of nitrogens with zero attached hydrogens (tertiary/aromatic N) is 1. The van der Waals surface area contributed by atoms with Crippen molar-refractivity contribution in [2.45, 2.75) is 0 Å². The van der Waals surface area contributed by atoms with Gasteiger partial charge in [-0.15, -0.1) is 0 Å². The van der Waals surface area contributed by atoms with Crippen molar-refractivity contribution in [2.75, 3.05) is 6.54 Å². The number of nitro benzene ring substituents is 1. The topological polar surface area (TPSA) is 99.4 Å². The third-order valence-corrected chi connectivity index (χ3v) is 2.17. The Morgan fingerprint density at radius 1 is 1.44 bits per heavy atom. The number of benzene rings is 1. The van der Waals surface area contributed by atoms with E-state index in [0.29, 0.717) is 11.0 Å². The minimum absolute atomic E-state index is 0.0416. The number of hydrogen-bond acceptors (Lipinski definition) is 5. The summed E-state index contributed by atoms with van der Waals surface area (Å²) in [5, 5.41) is 11.0. The first kappa shape index (κ1) is 10.3. The van der Waals surface area contributed by atoms with E-state index in [4.69, 9.17) is 10.2 Å². The van der Waals surface area contributed by atoms with Crippen LogP contribution in [0.3, 0.4) is 0 Å². The second kappa shape index (κ2) is 3.74. The summed E-state index contributed by atoms with van der Waals surface area (Å²) in [6.07, 6.45) is 0. The van der Waals surface area contributed by atoms with Crippen LogP contribution in [0.1, 0.15) is 10.6 Å². The van der Waals surface area contributed by atoms with E-state index >= 15 is 0 Å². The molecule has 82 valence electrons. The van der Waals surface area contributed by atoms with E-state index in [-0.39, 0.29) is 23.8 Å². The Morgan fingerprint density at radius 3 is 2.81 bits per heavy atom. The molecular weight excluding hydrogens is 212 g/mol. The zero-order valence-corrected chi connectivity index (χ0v) is 8.17. The van der Waals surface area contributed by atoms with Gasteiger partial charge in [0.05, 0.1) is 11.5 Å². The first-order valence-electron chi connectivity index (χ1n) is 4.53. The number of furan rings is 1. The highest BCUT2D eigenvalue weighted by atomic mass is 16.6. The van der Waals surface area contributed by atoms with Gasteiger partial charge in [-0.2, -0.15) is 0 Å². The standard InChI is InChI=1S/C10H8N2O4/c11-5-8(13)10-4-6-3-7(12(14)15)1-2-9(6)16-10/h1-4H,5,11H2. The number of carbonyl (C=O) groups excluding carboxylic acids is 1. The average molecular weight is 220 g/mol. The quantitative estimate of drug-likeness (QED) is 0.479. The van der Waals surface area contributed by atoms with E-state index < -0.39 is 4.92 Å². The fourth-order valence-corrected chi connectivity index (χ4v) is 1.38. The van der Waals surface area contributed by atoms with Crippen LogP contribution in [0.5, 0.6) is 0 Å². The van der Waals surface area contributed by atoms with Gasteiger partial charge in [0.15, 0.2) is 5.76 Å². The molecule has 0 bridgehead atoms. The Bertz CT molecular complexity index is 573. The predicted molar refractivity (Wildman–Crippen MR) is 56.3 cm³/mol. The first-order chi connectivity index (χ1) is 7.61. The lowest BCUT2D eigenvalue weighted by atomic mass is 10.2. The normalized spacial score (nSPS) is 10.6. The second-order valence-electron chi connectivity index (χ2n) is 3.22. The number of carbonyl (C=O) groups is 1. The van der Waals surface area contributed by atoms with Gasteiger partial charge in [0.2, 0.25) is 5.78 Å². The van der Waals surface area contributed by atoms with Gasteiger partial charge >= 0.3 is 0 Å². The minimum Gasteiger partial charge on any atom is -0.453 e. The molecule has 0 aliphatic rings. The van der Waals surface area contributed by atoms with E-state index in [1.807, 2.05) is 0 Å². The van der Waals surface area contributed by atoms with Crippen LogP contribution >= 0.6 is 0 Å². The third kappa shape index (κ3) is 1.66. The van der Waals surface area contributed by atoms with Gasteiger partial charge in [0.1, 0.15) is 5.58 Å². The first-order valence-corrected chi connectivity index (χ1v) is 4.53. The second-order valence-corrected chi connectivity index (χ2v) is 3.22. The lowest BCUT2D eigenvalue weighted by Gasteiger charge is -1.89. The number of hydrogen-bond donors (Lipinski definition) is 1. The molecule has 0 amide bonds. The molecule has 1 aromatic carbocycles. The summed E-state index contributed by atoms with van der Waals surface area (Å²) in [5.41, 5.74) is 5.58. The van der Waals surface area contributed by atoms with E-state index in [1.54, 1.807) is 0 Å². The Hall–Kier alpha value is -2.21. The number of fused-ring (bicyclic) bond motifs is 1. The molecule has 0 fully saturated rings. The summed E-state index contributed by atoms with van der Waals surface area (Å²) in [4.78, 5) is 21.3. The van der Waals surface area contributed by atoms with Crippen molar-refractivity contribution in [3.05, 3.63) is 40.1 Å². The molecule has 16 heavy (non-hydrogen) atoms. The SMILES string of the molecule is NCC(=O)c1cc2cc([N+](=O)[O-])ccc2o1. The number of rotatable bonds is 3. The zero-order valence-electron chi connectivity index (χ0n) is 8.17. The maximum Gasteiger partial charge on any atom is 0.270 e. The molecule has 0 saturated carbocycles. The third-order valence-electron chi connectivity index (χ3n) is 2.17. The summed E-state index contributed by atoms with van der Waals surface area (Å²) < 4.78 is 5.20. The van der Waals surface area contributed by atoms with Crippen LogP contribution in [0.2, 0.25) is 0 Å². The molecule has 6 heteroatoms. The smallest absolute Gasteiger partial charge is 0.270 e. The molecule has 0 aliphatic heterocycles. The molecule has 6 nitrogen and oxygen atoms in total. The highest BCUT2D eigenvalue weighted by Crippen LogP contribution is 2.24. The fraction of sp³-hybridized carbons (Fsp3) is 0.100. The molecule has 2 aromatic rings. The van der Waals surface area contributed by atoms with Gasteiger partial charge in [-0.3, -0.25) is 14.9 Å². The van der Waals surface area contributed by atoms with Gasteiger partial charge in [0, 0.05) is 17.5 Å². The average Bonchev–Trinajstić information content (AvgIpc) is 2.70. The van der Waals surface area contributed by atoms with Crippen LogP contribution in [0.15, 0.2) is 28.7 Å². The van der Waals surface area contributed by atoms with Crippen molar-refractivity contribution in [3.63, 3.8) is 0 Å². The van der Waals surface area contributed by atoms with Crippen molar-refractivity contribution in [1.29, 1.82) is 0 Å². The van der Waals surface area contributed by atoms with Gasteiger partial charge in [-0.05, 0) is 12.1 Å².